The van der Waals surface area contributed by atoms with Crippen molar-refractivity contribution in [2.45, 2.75) is 11.8 Å². The van der Waals surface area contributed by atoms with Crippen LogP contribution in [-0.4, -0.2) is 6.61 Å². The topological polar surface area (TPSA) is 9.23 Å². The van der Waals surface area contributed by atoms with Gasteiger partial charge in [-0.1, -0.05) is 33.6 Å². The molecule has 1 nitrogen and oxygen atoms in total. The first-order valence-corrected chi connectivity index (χ1v) is 7.71. The smallest absolute Gasteiger partial charge is 0.141 e. The molecule has 1 aliphatic heterocycles. The molecule has 0 N–H and O–H groups in total. The maximum atomic E-state index is 13.2. The third-order valence-electron chi connectivity index (χ3n) is 3.29. The molecule has 0 amide bonds. The van der Waals surface area contributed by atoms with Crippen molar-refractivity contribution in [1.82, 2.24) is 0 Å². The maximum Gasteiger partial charge on any atom is 0.141 e. The molecule has 0 radical (unpaired) electrons. The molecule has 0 saturated carbocycles. The van der Waals surface area contributed by atoms with Gasteiger partial charge in [-0.2, -0.15) is 0 Å². The van der Waals surface area contributed by atoms with E-state index in [0.717, 1.165) is 33.3 Å². The van der Waals surface area contributed by atoms with Gasteiger partial charge in [0.15, 0.2) is 0 Å². The lowest BCUT2D eigenvalue weighted by Gasteiger charge is -2.15. The van der Waals surface area contributed by atoms with Gasteiger partial charge in [0.1, 0.15) is 11.6 Å². The summed E-state index contributed by atoms with van der Waals surface area (Å²) in [5, 5.41) is -0.363. The van der Waals surface area contributed by atoms with E-state index in [1.807, 2.05) is 12.1 Å². The molecule has 1 atom stereocenters. The van der Waals surface area contributed by atoms with E-state index in [0.29, 0.717) is 6.61 Å². The molecule has 5 heteroatoms. The van der Waals surface area contributed by atoms with Crippen molar-refractivity contribution in [2.24, 2.45) is 0 Å². The minimum atomic E-state index is -0.449. The van der Waals surface area contributed by atoms with Gasteiger partial charge in [-0.3, -0.25) is 0 Å². The average molecular weight is 376 g/mol. The normalized spacial score (nSPS) is 14.8. The van der Waals surface area contributed by atoms with Crippen LogP contribution in [-0.2, 0) is 6.42 Å². The Bertz CT molecular complexity index is 675. The van der Waals surface area contributed by atoms with E-state index in [-0.39, 0.29) is 5.02 Å². The van der Waals surface area contributed by atoms with E-state index < -0.39 is 11.2 Å². The Morgan fingerprint density at radius 1 is 1.25 bits per heavy atom. The van der Waals surface area contributed by atoms with Crippen molar-refractivity contribution in [1.29, 1.82) is 0 Å². The SMILES string of the molecule is Fc1ccc(C(Cl)c2cc(Br)cc3c2OCC3)cc1Cl. The summed E-state index contributed by atoms with van der Waals surface area (Å²) in [7, 11) is 0. The molecule has 0 aliphatic carbocycles. The van der Waals surface area contributed by atoms with Crippen LogP contribution in [0.2, 0.25) is 5.02 Å². The molecule has 0 bridgehead atoms. The van der Waals surface area contributed by atoms with E-state index >= 15 is 0 Å². The van der Waals surface area contributed by atoms with Crippen LogP contribution in [0.3, 0.4) is 0 Å². The quantitative estimate of drug-likeness (QED) is 0.629. The van der Waals surface area contributed by atoms with Gasteiger partial charge in [0, 0.05) is 16.5 Å². The average Bonchev–Trinajstić information content (AvgIpc) is 2.88. The first-order chi connectivity index (χ1) is 9.56. The number of rotatable bonds is 2. The van der Waals surface area contributed by atoms with Gasteiger partial charge in [0.2, 0.25) is 0 Å². The van der Waals surface area contributed by atoms with Crippen LogP contribution in [0.1, 0.15) is 22.1 Å². The number of ether oxygens (including phenoxy) is 1. The van der Waals surface area contributed by atoms with Crippen molar-refractivity contribution in [3.63, 3.8) is 0 Å². The van der Waals surface area contributed by atoms with Crippen LogP contribution in [0.4, 0.5) is 4.39 Å². The number of hydrogen-bond donors (Lipinski definition) is 0. The third-order valence-corrected chi connectivity index (χ3v) is 4.52. The summed E-state index contributed by atoms with van der Waals surface area (Å²) in [5.41, 5.74) is 2.75. The molecule has 2 aromatic carbocycles. The zero-order valence-corrected chi connectivity index (χ0v) is 13.4. The standard InChI is InChI=1S/C15H10BrCl2FO/c16-10-5-9-3-4-20-15(9)11(7-10)14(18)8-1-2-13(19)12(17)6-8/h1-2,5-7,14H,3-4H2. The molecule has 0 aromatic heterocycles. The number of hydrogen-bond acceptors (Lipinski definition) is 1. The fourth-order valence-corrected chi connectivity index (χ4v) is 3.35. The highest BCUT2D eigenvalue weighted by Gasteiger charge is 2.23. The molecule has 1 aliphatic rings. The van der Waals surface area contributed by atoms with Gasteiger partial charge in [-0.25, -0.2) is 4.39 Å². The fraction of sp³-hybridized carbons (Fsp3) is 0.200. The Kier molecular flexibility index (Phi) is 3.93. The second-order valence-corrected chi connectivity index (χ2v) is 6.38. The van der Waals surface area contributed by atoms with E-state index in [1.165, 1.54) is 6.07 Å². The predicted molar refractivity (Wildman–Crippen MR) is 82.4 cm³/mol. The third kappa shape index (κ3) is 2.54. The Morgan fingerprint density at radius 2 is 2.05 bits per heavy atom. The summed E-state index contributed by atoms with van der Waals surface area (Å²) in [5.74, 6) is 0.378. The molecular weight excluding hydrogens is 366 g/mol. The monoisotopic (exact) mass is 374 g/mol. The Morgan fingerprint density at radius 3 is 2.80 bits per heavy atom. The zero-order chi connectivity index (χ0) is 14.3. The predicted octanol–water partition coefficient (Wildman–Crippen LogP) is 5.50. The number of benzene rings is 2. The molecule has 3 rings (SSSR count). The van der Waals surface area contributed by atoms with Gasteiger partial charge >= 0.3 is 0 Å². The van der Waals surface area contributed by atoms with Crippen LogP contribution in [0, 0.1) is 5.82 Å². The van der Waals surface area contributed by atoms with Crippen LogP contribution in [0.5, 0.6) is 5.75 Å². The second-order valence-electron chi connectivity index (χ2n) is 4.62. The van der Waals surface area contributed by atoms with Crippen molar-refractivity contribution in [2.75, 3.05) is 6.61 Å². The minimum absolute atomic E-state index is 0.0701. The van der Waals surface area contributed by atoms with Gasteiger partial charge < -0.3 is 4.74 Å². The number of halogens is 4. The van der Waals surface area contributed by atoms with E-state index in [1.54, 1.807) is 12.1 Å². The summed E-state index contributed by atoms with van der Waals surface area (Å²) < 4.78 is 19.9. The van der Waals surface area contributed by atoms with Gasteiger partial charge in [-0.15, -0.1) is 11.6 Å². The molecule has 0 saturated heterocycles. The summed E-state index contributed by atoms with van der Waals surface area (Å²) in [6, 6.07) is 8.48. The van der Waals surface area contributed by atoms with Crippen molar-refractivity contribution >= 4 is 39.1 Å². The Hall–Kier alpha value is -0.770. The molecule has 0 fully saturated rings. The van der Waals surface area contributed by atoms with Crippen LogP contribution < -0.4 is 4.74 Å². The van der Waals surface area contributed by atoms with Crippen molar-refractivity contribution in [3.8, 4) is 5.75 Å². The highest BCUT2D eigenvalue weighted by molar-refractivity contribution is 9.10. The van der Waals surface area contributed by atoms with Crippen LogP contribution >= 0.6 is 39.1 Å². The van der Waals surface area contributed by atoms with Crippen molar-refractivity contribution in [3.05, 3.63) is 62.3 Å². The Balaban J connectivity index is 2.06. The highest BCUT2D eigenvalue weighted by atomic mass is 79.9. The Labute approximate surface area is 134 Å². The fourth-order valence-electron chi connectivity index (χ4n) is 2.34. The van der Waals surface area contributed by atoms with Gasteiger partial charge in [0.25, 0.3) is 0 Å². The zero-order valence-electron chi connectivity index (χ0n) is 10.3. The summed E-state index contributed by atoms with van der Waals surface area (Å²) in [4.78, 5) is 0. The van der Waals surface area contributed by atoms with Gasteiger partial charge in [-0.05, 0) is 35.4 Å². The van der Waals surface area contributed by atoms with E-state index in [4.69, 9.17) is 27.9 Å². The van der Waals surface area contributed by atoms with E-state index in [9.17, 15) is 4.39 Å². The lowest BCUT2D eigenvalue weighted by Crippen LogP contribution is -1.98. The second kappa shape index (κ2) is 5.55. The van der Waals surface area contributed by atoms with Crippen LogP contribution in [0.25, 0.3) is 0 Å². The van der Waals surface area contributed by atoms with Gasteiger partial charge in [0.05, 0.1) is 17.0 Å². The summed E-state index contributed by atoms with van der Waals surface area (Å²) in [6.07, 6.45) is 0.871. The maximum absolute atomic E-state index is 13.2. The summed E-state index contributed by atoms with van der Waals surface area (Å²) in [6.45, 7) is 0.659. The first-order valence-electron chi connectivity index (χ1n) is 6.10. The lowest BCUT2D eigenvalue weighted by atomic mass is 10.0. The molecular formula is C15H10BrCl2FO. The molecule has 0 spiro atoms. The molecule has 1 heterocycles. The first kappa shape index (κ1) is 14.2. The highest BCUT2D eigenvalue weighted by Crippen LogP contribution is 2.42. The lowest BCUT2D eigenvalue weighted by molar-refractivity contribution is 0.353. The minimum Gasteiger partial charge on any atom is -0.493 e. The van der Waals surface area contributed by atoms with E-state index in [2.05, 4.69) is 15.9 Å². The molecule has 20 heavy (non-hydrogen) atoms. The molecule has 1 unspecified atom stereocenters. The van der Waals surface area contributed by atoms with Crippen LogP contribution in [0.15, 0.2) is 34.8 Å². The number of alkyl halides is 1. The number of fused-ring (bicyclic) bond motifs is 1. The molecule has 104 valence electrons. The van der Waals surface area contributed by atoms with Crippen molar-refractivity contribution < 1.29 is 9.13 Å². The summed E-state index contributed by atoms with van der Waals surface area (Å²) >= 11 is 15.8. The largest absolute Gasteiger partial charge is 0.493 e. The molecule has 2 aromatic rings.